The van der Waals surface area contributed by atoms with E-state index in [1.807, 2.05) is 29.2 Å². The summed E-state index contributed by atoms with van der Waals surface area (Å²) in [5.74, 6) is -1.00. The number of carboxylic acids is 1. The number of nitrogens with zero attached hydrogens (tertiary/aromatic N) is 1. The third kappa shape index (κ3) is 5.31. The second-order valence-electron chi connectivity index (χ2n) is 5.62. The lowest BCUT2D eigenvalue weighted by Gasteiger charge is -2.29. The van der Waals surface area contributed by atoms with Crippen LogP contribution in [0.2, 0.25) is 5.02 Å². The molecule has 0 radical (unpaired) electrons. The minimum absolute atomic E-state index is 0.0114. The fourth-order valence-electron chi connectivity index (χ4n) is 2.59. The highest BCUT2D eigenvalue weighted by Gasteiger charge is 2.25. The number of carbonyl (C=O) groups is 2. The van der Waals surface area contributed by atoms with Crippen molar-refractivity contribution in [2.24, 2.45) is 5.92 Å². The molecule has 120 valence electrons. The topological polar surface area (TPSA) is 69.6 Å². The van der Waals surface area contributed by atoms with E-state index < -0.39 is 5.97 Å². The molecular weight excluding hydrogens is 304 g/mol. The van der Waals surface area contributed by atoms with Crippen molar-refractivity contribution >= 4 is 23.5 Å². The number of carboxylic acid groups (broad SMARTS) is 1. The summed E-state index contributed by atoms with van der Waals surface area (Å²) in [4.78, 5) is 24.8. The molecule has 0 unspecified atom stereocenters. The minimum atomic E-state index is -0.730. The van der Waals surface area contributed by atoms with Gasteiger partial charge in [0.2, 0.25) is 5.91 Å². The summed E-state index contributed by atoms with van der Waals surface area (Å²) in [6.45, 7) is 2.27. The van der Waals surface area contributed by atoms with Gasteiger partial charge in [0.1, 0.15) is 0 Å². The third-order valence-corrected chi connectivity index (χ3v) is 4.21. The molecule has 0 aliphatic carbocycles. The second-order valence-corrected chi connectivity index (χ2v) is 6.05. The van der Waals surface area contributed by atoms with Gasteiger partial charge < -0.3 is 10.4 Å². The van der Waals surface area contributed by atoms with E-state index in [2.05, 4.69) is 5.32 Å². The molecule has 0 saturated carbocycles. The van der Waals surface area contributed by atoms with E-state index >= 15 is 0 Å². The standard InChI is InChI=1S/C16H21ClN2O3/c17-14-3-1-12(2-4-14)5-8-18-15(20)11-19-9-6-13(7-10-19)16(21)22/h1-4,13H,5-11H2,(H,18,20)(H,21,22). The molecule has 2 N–H and O–H groups in total. The molecule has 0 aromatic heterocycles. The summed E-state index contributed by atoms with van der Waals surface area (Å²) in [5.41, 5.74) is 1.13. The van der Waals surface area contributed by atoms with Crippen molar-refractivity contribution in [2.45, 2.75) is 19.3 Å². The molecular formula is C16H21ClN2O3. The van der Waals surface area contributed by atoms with Gasteiger partial charge >= 0.3 is 5.97 Å². The summed E-state index contributed by atoms with van der Waals surface area (Å²) < 4.78 is 0. The Hall–Kier alpha value is -1.59. The number of halogens is 1. The Labute approximate surface area is 135 Å². The van der Waals surface area contributed by atoms with Crippen LogP contribution in [0.1, 0.15) is 18.4 Å². The van der Waals surface area contributed by atoms with Crippen LogP contribution in [0.4, 0.5) is 0 Å². The number of aliphatic carboxylic acids is 1. The zero-order valence-corrected chi connectivity index (χ0v) is 13.2. The van der Waals surface area contributed by atoms with Crippen molar-refractivity contribution in [1.29, 1.82) is 0 Å². The highest BCUT2D eigenvalue weighted by atomic mass is 35.5. The van der Waals surface area contributed by atoms with Crippen LogP contribution in [0, 0.1) is 5.92 Å². The van der Waals surface area contributed by atoms with Crippen molar-refractivity contribution < 1.29 is 14.7 Å². The third-order valence-electron chi connectivity index (χ3n) is 3.95. The lowest BCUT2D eigenvalue weighted by molar-refractivity contribution is -0.143. The Kier molecular flexibility index (Phi) is 6.21. The lowest BCUT2D eigenvalue weighted by atomic mass is 9.97. The quantitative estimate of drug-likeness (QED) is 0.837. The van der Waals surface area contributed by atoms with Gasteiger partial charge in [-0.15, -0.1) is 0 Å². The normalized spacial score (nSPS) is 16.4. The number of benzene rings is 1. The number of likely N-dealkylation sites (tertiary alicyclic amines) is 1. The first-order valence-electron chi connectivity index (χ1n) is 7.51. The molecule has 1 aliphatic heterocycles. The molecule has 0 atom stereocenters. The zero-order valence-electron chi connectivity index (χ0n) is 12.4. The average Bonchev–Trinajstić information content (AvgIpc) is 2.50. The first-order valence-corrected chi connectivity index (χ1v) is 7.88. The molecule has 1 aliphatic rings. The molecule has 1 aromatic carbocycles. The fourth-order valence-corrected chi connectivity index (χ4v) is 2.72. The predicted octanol–water partition coefficient (Wildman–Crippen LogP) is 1.80. The van der Waals surface area contributed by atoms with E-state index in [9.17, 15) is 9.59 Å². The predicted molar refractivity (Wildman–Crippen MR) is 85.0 cm³/mol. The van der Waals surface area contributed by atoms with Crippen LogP contribution in [-0.2, 0) is 16.0 Å². The second kappa shape index (κ2) is 8.15. The molecule has 1 heterocycles. The van der Waals surface area contributed by atoms with Gasteiger partial charge in [-0.3, -0.25) is 14.5 Å². The summed E-state index contributed by atoms with van der Waals surface area (Å²) >= 11 is 5.82. The summed E-state index contributed by atoms with van der Waals surface area (Å²) in [5, 5.41) is 12.5. The van der Waals surface area contributed by atoms with Gasteiger partial charge in [-0.2, -0.15) is 0 Å². The van der Waals surface area contributed by atoms with Crippen LogP contribution in [0.5, 0.6) is 0 Å². The Balaban J connectivity index is 1.64. The van der Waals surface area contributed by atoms with Crippen molar-refractivity contribution in [3.05, 3.63) is 34.9 Å². The molecule has 5 nitrogen and oxygen atoms in total. The lowest BCUT2D eigenvalue weighted by Crippen LogP contribution is -2.43. The molecule has 0 spiro atoms. The Morgan fingerprint density at radius 1 is 1.23 bits per heavy atom. The van der Waals surface area contributed by atoms with Crippen molar-refractivity contribution in [3.8, 4) is 0 Å². The smallest absolute Gasteiger partial charge is 0.306 e. The van der Waals surface area contributed by atoms with E-state index in [1.54, 1.807) is 0 Å². The van der Waals surface area contributed by atoms with Gasteiger partial charge in [0, 0.05) is 11.6 Å². The minimum Gasteiger partial charge on any atom is -0.481 e. The first-order chi connectivity index (χ1) is 10.5. The molecule has 2 rings (SSSR count). The average molecular weight is 325 g/mol. The molecule has 1 saturated heterocycles. The largest absolute Gasteiger partial charge is 0.481 e. The Morgan fingerprint density at radius 2 is 1.86 bits per heavy atom. The number of amides is 1. The molecule has 1 aromatic rings. The van der Waals surface area contributed by atoms with E-state index in [0.717, 1.165) is 12.0 Å². The van der Waals surface area contributed by atoms with Gasteiger partial charge in [0.05, 0.1) is 12.5 Å². The van der Waals surface area contributed by atoms with Crippen LogP contribution in [-0.4, -0.2) is 48.1 Å². The maximum absolute atomic E-state index is 11.9. The van der Waals surface area contributed by atoms with Crippen molar-refractivity contribution in [2.75, 3.05) is 26.2 Å². The number of carbonyl (C=O) groups excluding carboxylic acids is 1. The fraction of sp³-hybridized carbons (Fsp3) is 0.500. The molecule has 0 bridgehead atoms. The number of rotatable bonds is 6. The van der Waals surface area contributed by atoms with Crippen LogP contribution in [0.15, 0.2) is 24.3 Å². The number of hydrogen-bond acceptors (Lipinski definition) is 3. The van der Waals surface area contributed by atoms with Crippen LogP contribution >= 0.6 is 11.6 Å². The number of piperidine rings is 1. The molecule has 1 fully saturated rings. The molecule has 1 amide bonds. The van der Waals surface area contributed by atoms with E-state index in [0.29, 0.717) is 44.0 Å². The molecule has 6 heteroatoms. The number of hydrogen-bond donors (Lipinski definition) is 2. The molecule has 22 heavy (non-hydrogen) atoms. The van der Waals surface area contributed by atoms with Crippen LogP contribution in [0.3, 0.4) is 0 Å². The van der Waals surface area contributed by atoms with E-state index in [1.165, 1.54) is 0 Å². The van der Waals surface area contributed by atoms with Gasteiger partial charge in [-0.1, -0.05) is 23.7 Å². The van der Waals surface area contributed by atoms with Crippen molar-refractivity contribution in [3.63, 3.8) is 0 Å². The van der Waals surface area contributed by atoms with Gasteiger partial charge in [-0.05, 0) is 50.0 Å². The van der Waals surface area contributed by atoms with Crippen LogP contribution in [0.25, 0.3) is 0 Å². The highest BCUT2D eigenvalue weighted by molar-refractivity contribution is 6.30. The Morgan fingerprint density at radius 3 is 2.45 bits per heavy atom. The monoisotopic (exact) mass is 324 g/mol. The maximum Gasteiger partial charge on any atom is 0.306 e. The zero-order chi connectivity index (χ0) is 15.9. The van der Waals surface area contributed by atoms with Crippen LogP contribution < -0.4 is 5.32 Å². The SMILES string of the molecule is O=C(CN1CCC(C(=O)O)CC1)NCCc1ccc(Cl)cc1. The van der Waals surface area contributed by atoms with Gasteiger partial charge in [0.15, 0.2) is 0 Å². The first kappa shape index (κ1) is 16.8. The van der Waals surface area contributed by atoms with E-state index in [-0.39, 0.29) is 11.8 Å². The highest BCUT2D eigenvalue weighted by Crippen LogP contribution is 2.16. The van der Waals surface area contributed by atoms with Crippen molar-refractivity contribution in [1.82, 2.24) is 10.2 Å². The number of nitrogens with one attached hydrogen (secondary N) is 1. The Bertz CT molecular complexity index is 511. The summed E-state index contributed by atoms with van der Waals surface area (Å²) in [6.07, 6.45) is 2.00. The van der Waals surface area contributed by atoms with E-state index in [4.69, 9.17) is 16.7 Å². The summed E-state index contributed by atoms with van der Waals surface area (Å²) in [6, 6.07) is 7.58. The summed E-state index contributed by atoms with van der Waals surface area (Å²) in [7, 11) is 0. The van der Waals surface area contributed by atoms with Gasteiger partial charge in [-0.25, -0.2) is 0 Å². The maximum atomic E-state index is 11.9. The van der Waals surface area contributed by atoms with Gasteiger partial charge in [0.25, 0.3) is 0 Å².